The number of fused-ring (bicyclic) bond motifs is 1. The normalized spacial score (nSPS) is 32.1. The zero-order valence-corrected chi connectivity index (χ0v) is 14.9. The summed E-state index contributed by atoms with van der Waals surface area (Å²) in [5.41, 5.74) is 1.22. The third-order valence-electron chi connectivity index (χ3n) is 6.31. The van der Waals surface area contributed by atoms with Crippen LogP contribution in [0.1, 0.15) is 19.3 Å². The molecule has 0 radical (unpaired) electrons. The summed E-state index contributed by atoms with van der Waals surface area (Å²) in [5, 5.41) is 10.8. The van der Waals surface area contributed by atoms with Crippen molar-refractivity contribution < 1.29 is 9.84 Å². The molecule has 3 heterocycles. The Kier molecular flexibility index (Phi) is 4.74. The summed E-state index contributed by atoms with van der Waals surface area (Å²) in [7, 11) is 0. The van der Waals surface area contributed by atoms with Crippen LogP contribution in [0.25, 0.3) is 0 Å². The van der Waals surface area contributed by atoms with Crippen molar-refractivity contribution in [3.05, 3.63) is 29.3 Å². The smallest absolute Gasteiger partial charge is 0.0559 e. The summed E-state index contributed by atoms with van der Waals surface area (Å²) in [6, 6.07) is 8.80. The molecule has 2 atom stereocenters. The van der Waals surface area contributed by atoms with Gasteiger partial charge in [0.1, 0.15) is 0 Å². The average Bonchev–Trinajstić information content (AvgIpc) is 3.02. The van der Waals surface area contributed by atoms with Gasteiger partial charge in [-0.15, -0.1) is 0 Å². The van der Waals surface area contributed by atoms with E-state index in [-0.39, 0.29) is 12.0 Å². The Morgan fingerprint density at radius 3 is 2.79 bits per heavy atom. The molecule has 132 valence electrons. The van der Waals surface area contributed by atoms with Gasteiger partial charge in [0.15, 0.2) is 0 Å². The van der Waals surface area contributed by atoms with Crippen molar-refractivity contribution in [3.8, 4) is 0 Å². The number of anilines is 1. The first-order valence-electron chi connectivity index (χ1n) is 9.13. The highest BCUT2D eigenvalue weighted by Gasteiger charge is 2.49. The average molecular weight is 351 g/mol. The Bertz CT molecular complexity index is 576. The molecule has 4 rings (SSSR count). The van der Waals surface area contributed by atoms with Crippen molar-refractivity contribution in [1.29, 1.82) is 0 Å². The largest absolute Gasteiger partial charge is 0.396 e. The molecule has 0 amide bonds. The number of aliphatic hydroxyl groups is 1. The molecule has 4 nitrogen and oxygen atoms in total. The van der Waals surface area contributed by atoms with Gasteiger partial charge >= 0.3 is 0 Å². The van der Waals surface area contributed by atoms with Crippen LogP contribution < -0.4 is 4.90 Å². The van der Waals surface area contributed by atoms with E-state index in [2.05, 4.69) is 21.9 Å². The second-order valence-electron chi connectivity index (χ2n) is 7.69. The fraction of sp³-hybridized carbons (Fsp3) is 0.684. The molecule has 5 heteroatoms. The van der Waals surface area contributed by atoms with E-state index >= 15 is 0 Å². The molecule has 0 saturated carbocycles. The van der Waals surface area contributed by atoms with Crippen LogP contribution in [0, 0.1) is 11.3 Å². The van der Waals surface area contributed by atoms with E-state index < -0.39 is 0 Å². The first-order valence-corrected chi connectivity index (χ1v) is 9.51. The van der Waals surface area contributed by atoms with Crippen molar-refractivity contribution in [2.24, 2.45) is 11.3 Å². The lowest BCUT2D eigenvalue weighted by Gasteiger charge is -2.39. The SMILES string of the molecule is OC[C@]12COCC[C@H]1CN(C1CCN(c3cccc(Cl)c3)CC1)C2. The van der Waals surface area contributed by atoms with Crippen molar-refractivity contribution in [2.45, 2.75) is 25.3 Å². The van der Waals surface area contributed by atoms with E-state index in [4.69, 9.17) is 16.3 Å². The highest BCUT2D eigenvalue weighted by molar-refractivity contribution is 6.30. The van der Waals surface area contributed by atoms with Gasteiger partial charge in [-0.25, -0.2) is 0 Å². The highest BCUT2D eigenvalue weighted by Crippen LogP contribution is 2.42. The number of nitrogens with zero attached hydrogens (tertiary/aromatic N) is 2. The lowest BCUT2D eigenvalue weighted by Crippen LogP contribution is -2.46. The molecule has 3 aliphatic rings. The summed E-state index contributed by atoms with van der Waals surface area (Å²) < 4.78 is 5.69. The van der Waals surface area contributed by atoms with Crippen LogP contribution >= 0.6 is 11.6 Å². The zero-order valence-electron chi connectivity index (χ0n) is 14.2. The Hall–Kier alpha value is -0.810. The number of ether oxygens (including phenoxy) is 1. The van der Waals surface area contributed by atoms with Gasteiger partial charge in [0.25, 0.3) is 0 Å². The van der Waals surface area contributed by atoms with Gasteiger partial charge in [-0.1, -0.05) is 17.7 Å². The van der Waals surface area contributed by atoms with Crippen LogP contribution in [0.3, 0.4) is 0 Å². The molecule has 0 spiro atoms. The van der Waals surface area contributed by atoms with E-state index in [0.717, 1.165) is 50.8 Å². The number of piperidine rings is 1. The molecule has 3 saturated heterocycles. The van der Waals surface area contributed by atoms with E-state index in [1.54, 1.807) is 0 Å². The van der Waals surface area contributed by atoms with Crippen LogP contribution in [-0.2, 0) is 4.74 Å². The van der Waals surface area contributed by atoms with Crippen molar-refractivity contribution in [1.82, 2.24) is 4.90 Å². The summed E-state index contributed by atoms with van der Waals surface area (Å²) in [4.78, 5) is 5.07. The van der Waals surface area contributed by atoms with Crippen molar-refractivity contribution in [2.75, 3.05) is 50.9 Å². The maximum Gasteiger partial charge on any atom is 0.0559 e. The first kappa shape index (κ1) is 16.6. The third kappa shape index (κ3) is 3.05. The standard InChI is InChI=1S/C19H27ClN2O2/c20-16-2-1-3-18(10-16)21-7-4-17(5-8-21)22-11-15-6-9-24-14-19(15,12-22)13-23/h1-3,10,15,17,23H,4-9,11-14H2/t15-,19+/m0/s1. The number of hydrogen-bond acceptors (Lipinski definition) is 4. The molecular formula is C19H27ClN2O2. The number of likely N-dealkylation sites (tertiary alicyclic amines) is 1. The fourth-order valence-electron chi connectivity index (χ4n) is 4.80. The third-order valence-corrected chi connectivity index (χ3v) is 6.54. The van der Waals surface area contributed by atoms with Crippen LogP contribution in [0.15, 0.2) is 24.3 Å². The van der Waals surface area contributed by atoms with Crippen LogP contribution in [-0.4, -0.2) is 62.0 Å². The van der Waals surface area contributed by atoms with Gasteiger partial charge < -0.3 is 14.7 Å². The first-order chi connectivity index (χ1) is 11.7. The predicted octanol–water partition coefficient (Wildman–Crippen LogP) is 2.64. The predicted molar refractivity (Wildman–Crippen MR) is 96.7 cm³/mol. The Labute approximate surface area is 149 Å². The summed E-state index contributed by atoms with van der Waals surface area (Å²) >= 11 is 6.13. The molecule has 1 aromatic rings. The van der Waals surface area contributed by atoms with Crippen LogP contribution in [0.5, 0.6) is 0 Å². The van der Waals surface area contributed by atoms with E-state index in [1.807, 2.05) is 12.1 Å². The molecule has 3 fully saturated rings. The van der Waals surface area contributed by atoms with E-state index in [0.29, 0.717) is 12.0 Å². The maximum atomic E-state index is 9.96. The van der Waals surface area contributed by atoms with Gasteiger partial charge in [0.2, 0.25) is 0 Å². The van der Waals surface area contributed by atoms with Gasteiger partial charge in [-0.3, -0.25) is 4.90 Å². The summed E-state index contributed by atoms with van der Waals surface area (Å²) in [5.74, 6) is 0.599. The monoisotopic (exact) mass is 350 g/mol. The molecule has 0 aromatic heterocycles. The minimum atomic E-state index is -0.0116. The minimum Gasteiger partial charge on any atom is -0.396 e. The van der Waals surface area contributed by atoms with E-state index in [1.165, 1.54) is 18.5 Å². The van der Waals surface area contributed by atoms with Crippen molar-refractivity contribution >= 4 is 17.3 Å². The van der Waals surface area contributed by atoms with Crippen molar-refractivity contribution in [3.63, 3.8) is 0 Å². The number of hydrogen-bond donors (Lipinski definition) is 1. The van der Waals surface area contributed by atoms with Gasteiger partial charge in [0, 0.05) is 55.0 Å². The van der Waals surface area contributed by atoms with Gasteiger partial charge in [-0.2, -0.15) is 0 Å². The summed E-state index contributed by atoms with van der Waals surface area (Å²) in [6.45, 7) is 6.13. The number of rotatable bonds is 3. The molecule has 0 aliphatic carbocycles. The topological polar surface area (TPSA) is 35.9 Å². The molecule has 24 heavy (non-hydrogen) atoms. The second-order valence-corrected chi connectivity index (χ2v) is 8.12. The highest BCUT2D eigenvalue weighted by atomic mass is 35.5. The zero-order chi connectivity index (χ0) is 16.6. The lowest BCUT2D eigenvalue weighted by atomic mass is 9.76. The molecule has 0 bridgehead atoms. The molecule has 3 aliphatic heterocycles. The number of benzene rings is 1. The lowest BCUT2D eigenvalue weighted by molar-refractivity contribution is -0.0566. The number of aliphatic hydroxyl groups excluding tert-OH is 1. The fourth-order valence-corrected chi connectivity index (χ4v) is 4.99. The van der Waals surface area contributed by atoms with Crippen LogP contribution in [0.2, 0.25) is 5.02 Å². The minimum absolute atomic E-state index is 0.0116. The Balaban J connectivity index is 1.38. The Morgan fingerprint density at radius 1 is 1.25 bits per heavy atom. The van der Waals surface area contributed by atoms with Gasteiger partial charge in [0.05, 0.1) is 13.2 Å². The molecule has 1 N–H and O–H groups in total. The maximum absolute atomic E-state index is 9.96. The molecule has 0 unspecified atom stereocenters. The Morgan fingerprint density at radius 2 is 2.08 bits per heavy atom. The van der Waals surface area contributed by atoms with Crippen LogP contribution in [0.4, 0.5) is 5.69 Å². The number of halogens is 1. The molecule has 1 aromatic carbocycles. The van der Waals surface area contributed by atoms with Gasteiger partial charge in [-0.05, 0) is 43.4 Å². The second kappa shape index (κ2) is 6.83. The quantitative estimate of drug-likeness (QED) is 0.909. The van der Waals surface area contributed by atoms with E-state index in [9.17, 15) is 5.11 Å². The molecular weight excluding hydrogens is 324 g/mol. The summed E-state index contributed by atoms with van der Waals surface area (Å²) in [6.07, 6.45) is 3.46.